The highest BCUT2D eigenvalue weighted by Gasteiger charge is 2.35. The fraction of sp³-hybridized carbons (Fsp3) is 0.316. The smallest absolute Gasteiger partial charge is 0.404 e. The van der Waals surface area contributed by atoms with Gasteiger partial charge in [-0.15, -0.1) is 26.3 Å². The average Bonchev–Trinajstić information content (AvgIpc) is 3.21. The van der Waals surface area contributed by atoms with E-state index in [4.69, 9.17) is 16.3 Å². The van der Waals surface area contributed by atoms with E-state index in [1.165, 1.54) is 67.1 Å². The Bertz CT molecular complexity index is 2390. The van der Waals surface area contributed by atoms with Gasteiger partial charge in [0, 0.05) is 17.3 Å². The van der Waals surface area contributed by atoms with Crippen molar-refractivity contribution in [2.45, 2.75) is 77.8 Å². The van der Waals surface area contributed by atoms with Crippen molar-refractivity contribution < 1.29 is 53.4 Å². The SMILES string of the molecule is CCc1ccc(OC(F)(F)F)c(S(=O)c2ccc(-n3ncc(NC[C@@]4(F)CCCOC4)c(Cl)c3=O)cn2)c1.CCc1ccc(OC(F)(F)F)c(S(=O)c2ccc(Br)cn2)c1. The zero-order valence-corrected chi connectivity index (χ0v) is 35.4. The Morgan fingerprint density at radius 3 is 1.85 bits per heavy atom. The molecule has 0 spiro atoms. The van der Waals surface area contributed by atoms with Crippen molar-refractivity contribution in [3.63, 3.8) is 0 Å². The van der Waals surface area contributed by atoms with Gasteiger partial charge in [0.15, 0.2) is 5.67 Å². The van der Waals surface area contributed by atoms with Crippen molar-refractivity contribution in [1.82, 2.24) is 19.7 Å². The van der Waals surface area contributed by atoms with Gasteiger partial charge >= 0.3 is 12.7 Å². The highest BCUT2D eigenvalue weighted by Crippen LogP contribution is 2.34. The monoisotopic (exact) mass is 967 g/mol. The Hall–Kier alpha value is -4.44. The van der Waals surface area contributed by atoms with Gasteiger partial charge in [-0.3, -0.25) is 4.79 Å². The molecule has 1 fully saturated rings. The zero-order chi connectivity index (χ0) is 43.8. The van der Waals surface area contributed by atoms with Crippen molar-refractivity contribution in [2.75, 3.05) is 25.1 Å². The summed E-state index contributed by atoms with van der Waals surface area (Å²) in [7, 11) is -3.99. The first-order chi connectivity index (χ1) is 28.3. The highest BCUT2D eigenvalue weighted by atomic mass is 79.9. The molecule has 2 unspecified atom stereocenters. The standard InChI is InChI=1S/C24H23ClF4N4O4S.C14H11BrF3NO2S/c1-2-15-4-6-18(37-24(27,28)29)19(10-15)38(35)20-7-5-16(11-30-20)33-22(34)21(25)17(12-32-33)31-13-23(26)8-3-9-36-14-23;1-2-9-3-5-11(21-14(16,17)18)12(7-9)22(20)13-6-4-10(15)8-19-13/h4-7,10-12,31H,2-3,8-9,13-14H2,1H3;3-8H,2H2,1H3/t23-,38?;/m0./s1. The van der Waals surface area contributed by atoms with Crippen LogP contribution in [0.25, 0.3) is 5.69 Å². The van der Waals surface area contributed by atoms with Crippen molar-refractivity contribution >= 4 is 54.8 Å². The molecule has 5 aromatic rings. The number of anilines is 1. The number of halogens is 9. The Morgan fingerprint density at radius 2 is 1.40 bits per heavy atom. The number of benzene rings is 2. The van der Waals surface area contributed by atoms with Crippen molar-refractivity contribution in [3.8, 4) is 17.2 Å². The van der Waals surface area contributed by atoms with E-state index in [1.54, 1.807) is 13.0 Å². The van der Waals surface area contributed by atoms with Gasteiger partial charge < -0.3 is 19.5 Å². The molecule has 0 aliphatic carbocycles. The normalized spacial score (nSPS) is 16.6. The minimum absolute atomic E-state index is 0.0495. The molecule has 0 amide bonds. The van der Waals surface area contributed by atoms with Crippen LogP contribution in [0.3, 0.4) is 0 Å². The summed E-state index contributed by atoms with van der Waals surface area (Å²) in [6, 6.07) is 13.8. The van der Waals surface area contributed by atoms with Crippen molar-refractivity contribution in [1.29, 1.82) is 0 Å². The lowest BCUT2D eigenvalue weighted by atomic mass is 9.99. The summed E-state index contributed by atoms with van der Waals surface area (Å²) >= 11 is 9.40. The number of hydrogen-bond acceptors (Lipinski definition) is 10. The highest BCUT2D eigenvalue weighted by molar-refractivity contribution is 9.10. The van der Waals surface area contributed by atoms with Crippen LogP contribution in [0.4, 0.5) is 36.4 Å². The zero-order valence-electron chi connectivity index (χ0n) is 31.4. The topological polar surface area (TPSA) is 135 Å². The third kappa shape index (κ3) is 12.6. The molecule has 60 heavy (non-hydrogen) atoms. The molecular weight excluding hydrogens is 935 g/mol. The lowest BCUT2D eigenvalue weighted by Gasteiger charge is -2.29. The number of pyridine rings is 2. The minimum Gasteiger partial charge on any atom is -0.404 e. The predicted octanol–water partition coefficient (Wildman–Crippen LogP) is 9.31. The van der Waals surface area contributed by atoms with E-state index in [-0.39, 0.29) is 49.4 Å². The maximum Gasteiger partial charge on any atom is 0.573 e. The Balaban J connectivity index is 0.000000263. The molecule has 3 atom stereocenters. The summed E-state index contributed by atoms with van der Waals surface area (Å²) < 4.78 is 131. The van der Waals surface area contributed by atoms with Crippen LogP contribution in [0.5, 0.6) is 11.5 Å². The summed E-state index contributed by atoms with van der Waals surface area (Å²) in [4.78, 5) is 20.6. The van der Waals surface area contributed by atoms with Crippen LogP contribution in [-0.2, 0) is 39.2 Å². The molecule has 4 heterocycles. The molecule has 6 rings (SSSR count). The molecular formula is C38H34BrClF7N5O6S2. The van der Waals surface area contributed by atoms with Crippen LogP contribution in [-0.4, -0.2) is 66.3 Å². The van der Waals surface area contributed by atoms with E-state index in [0.717, 1.165) is 16.3 Å². The maximum atomic E-state index is 14.8. The minimum atomic E-state index is -4.97. The molecule has 22 heteroatoms. The van der Waals surface area contributed by atoms with Crippen molar-refractivity contribution in [3.05, 3.63) is 110 Å². The van der Waals surface area contributed by atoms with E-state index in [9.17, 15) is 43.9 Å². The van der Waals surface area contributed by atoms with Crippen LogP contribution >= 0.6 is 27.5 Å². The first kappa shape index (κ1) is 46.6. The number of alkyl halides is 7. The molecule has 322 valence electrons. The maximum absolute atomic E-state index is 14.8. The quantitative estimate of drug-likeness (QED) is 0.121. The molecule has 1 saturated heterocycles. The third-order valence-electron chi connectivity index (χ3n) is 8.52. The number of ether oxygens (including phenoxy) is 3. The molecule has 1 aliphatic heterocycles. The number of aromatic nitrogens is 4. The Labute approximate surface area is 356 Å². The fourth-order valence-electron chi connectivity index (χ4n) is 5.51. The van der Waals surface area contributed by atoms with Gasteiger partial charge in [-0.1, -0.05) is 37.6 Å². The summed E-state index contributed by atoms with van der Waals surface area (Å²) in [6.07, 6.45) is -3.93. The van der Waals surface area contributed by atoms with Crippen LogP contribution in [0.2, 0.25) is 5.02 Å². The van der Waals surface area contributed by atoms with Gasteiger partial charge in [-0.05, 0) is 101 Å². The summed E-state index contributed by atoms with van der Waals surface area (Å²) in [5.41, 5.74) is -0.567. The first-order valence-electron chi connectivity index (χ1n) is 17.8. The second-order valence-corrected chi connectivity index (χ2v) is 16.9. The number of hydrogen-bond donors (Lipinski definition) is 1. The molecule has 3 aromatic heterocycles. The van der Waals surface area contributed by atoms with Crippen molar-refractivity contribution in [2.24, 2.45) is 0 Å². The number of nitrogens with one attached hydrogen (secondary N) is 1. The van der Waals surface area contributed by atoms with E-state index in [2.05, 4.69) is 45.8 Å². The van der Waals surface area contributed by atoms with Gasteiger partial charge in [0.25, 0.3) is 5.56 Å². The predicted molar refractivity (Wildman–Crippen MR) is 211 cm³/mol. The summed E-state index contributed by atoms with van der Waals surface area (Å²) in [5.74, 6) is -1.07. The first-order valence-corrected chi connectivity index (χ1v) is 21.2. The van der Waals surface area contributed by atoms with Crippen LogP contribution in [0, 0.1) is 0 Å². The fourth-order valence-corrected chi connectivity index (χ4v) is 8.17. The molecule has 1 aliphatic rings. The lowest BCUT2D eigenvalue weighted by Crippen LogP contribution is -2.40. The average molecular weight is 969 g/mol. The van der Waals surface area contributed by atoms with Gasteiger partial charge in [-0.2, -0.15) is 9.78 Å². The Morgan fingerprint density at radius 1 is 0.850 bits per heavy atom. The third-order valence-corrected chi connectivity index (χ3v) is 12.0. The van der Waals surface area contributed by atoms with Crippen LogP contribution in [0.15, 0.2) is 108 Å². The lowest BCUT2D eigenvalue weighted by molar-refractivity contribution is -0.276. The second-order valence-electron chi connectivity index (χ2n) is 12.8. The number of rotatable bonds is 12. The molecule has 11 nitrogen and oxygen atoms in total. The largest absolute Gasteiger partial charge is 0.573 e. The van der Waals surface area contributed by atoms with E-state index < -0.39 is 57.1 Å². The van der Waals surface area contributed by atoms with Crippen LogP contribution in [0.1, 0.15) is 37.8 Å². The van der Waals surface area contributed by atoms with Gasteiger partial charge in [-0.25, -0.2) is 22.8 Å². The molecule has 0 radical (unpaired) electrons. The van der Waals surface area contributed by atoms with Gasteiger partial charge in [0.1, 0.15) is 48.2 Å². The number of nitrogens with zero attached hydrogens (tertiary/aromatic N) is 4. The molecule has 2 aromatic carbocycles. The second kappa shape index (κ2) is 20.0. The molecule has 0 bridgehead atoms. The summed E-state index contributed by atoms with van der Waals surface area (Å²) in [5, 5.41) is 6.72. The van der Waals surface area contributed by atoms with Crippen LogP contribution < -0.4 is 20.3 Å². The summed E-state index contributed by atoms with van der Waals surface area (Å²) in [6.45, 7) is 3.98. The van der Waals surface area contributed by atoms with E-state index in [1.807, 2.05) is 6.92 Å². The number of aryl methyl sites for hydroxylation is 2. The van der Waals surface area contributed by atoms with E-state index >= 15 is 0 Å². The van der Waals surface area contributed by atoms with Gasteiger partial charge in [0.2, 0.25) is 0 Å². The molecule has 1 N–H and O–H groups in total. The van der Waals surface area contributed by atoms with Gasteiger partial charge in [0.05, 0.1) is 46.7 Å². The molecule has 0 saturated carbocycles. The Kier molecular flexibility index (Phi) is 15.5. The van der Waals surface area contributed by atoms with E-state index in [0.29, 0.717) is 42.3 Å².